The van der Waals surface area contributed by atoms with E-state index >= 15 is 0 Å². The number of rotatable bonds is 6. The van der Waals surface area contributed by atoms with E-state index in [4.69, 9.17) is 25.8 Å². The van der Waals surface area contributed by atoms with Gasteiger partial charge in [-0.2, -0.15) is 0 Å². The average molecular weight is 416 g/mol. The van der Waals surface area contributed by atoms with E-state index < -0.39 is 5.97 Å². The molecule has 0 bridgehead atoms. The number of ether oxygens (including phenoxy) is 3. The molecule has 1 heterocycles. The molecule has 1 N–H and O–H groups in total. The van der Waals surface area contributed by atoms with E-state index in [1.54, 1.807) is 30.3 Å². The minimum atomic E-state index is -0.605. The van der Waals surface area contributed by atoms with E-state index in [0.29, 0.717) is 29.7 Å². The Morgan fingerprint density at radius 1 is 1.14 bits per heavy atom. The Bertz CT molecular complexity index is 895. The maximum absolute atomic E-state index is 12.0. The van der Waals surface area contributed by atoms with Crippen molar-refractivity contribution in [1.82, 2.24) is 5.32 Å². The smallest absolute Gasteiger partial charge is 0.331 e. The van der Waals surface area contributed by atoms with Crippen LogP contribution in [-0.4, -0.2) is 31.7 Å². The number of carbonyl (C=O) groups excluding carboxylic acids is 2. The molecular formula is C22H22ClNO5. The molecule has 1 atom stereocenters. The number of halogens is 1. The summed E-state index contributed by atoms with van der Waals surface area (Å²) < 4.78 is 16.2. The van der Waals surface area contributed by atoms with Crippen molar-refractivity contribution in [3.63, 3.8) is 0 Å². The number of benzene rings is 2. The largest absolute Gasteiger partial charge is 0.490 e. The molecule has 0 saturated heterocycles. The van der Waals surface area contributed by atoms with Gasteiger partial charge in [-0.15, -0.1) is 0 Å². The van der Waals surface area contributed by atoms with Gasteiger partial charge in [0.05, 0.1) is 19.3 Å². The molecule has 0 unspecified atom stereocenters. The van der Waals surface area contributed by atoms with Crippen molar-refractivity contribution >= 4 is 29.6 Å². The second-order valence-corrected chi connectivity index (χ2v) is 6.97. The van der Waals surface area contributed by atoms with E-state index in [1.165, 1.54) is 6.08 Å². The normalized spacial score (nSPS) is 14.1. The Labute approximate surface area is 174 Å². The van der Waals surface area contributed by atoms with Crippen molar-refractivity contribution in [2.45, 2.75) is 19.4 Å². The van der Waals surface area contributed by atoms with Crippen LogP contribution in [0.25, 0.3) is 6.08 Å². The van der Waals surface area contributed by atoms with Crippen molar-refractivity contribution in [3.8, 4) is 11.5 Å². The van der Waals surface area contributed by atoms with Gasteiger partial charge < -0.3 is 19.5 Å². The van der Waals surface area contributed by atoms with Crippen molar-refractivity contribution in [3.05, 3.63) is 64.7 Å². The molecule has 1 aliphatic heterocycles. The van der Waals surface area contributed by atoms with Gasteiger partial charge in [0.25, 0.3) is 5.91 Å². The number of amides is 1. The third-order valence-corrected chi connectivity index (χ3v) is 4.53. The molecule has 0 saturated carbocycles. The molecule has 2 aromatic rings. The Morgan fingerprint density at radius 3 is 2.62 bits per heavy atom. The highest BCUT2D eigenvalue weighted by Crippen LogP contribution is 2.30. The number of esters is 1. The fraction of sp³-hybridized carbons (Fsp3) is 0.273. The minimum absolute atomic E-state index is 0.226. The van der Waals surface area contributed by atoms with Crippen LogP contribution in [0.4, 0.5) is 0 Å². The summed E-state index contributed by atoms with van der Waals surface area (Å²) in [5, 5.41) is 3.40. The quantitative estimate of drug-likeness (QED) is 0.571. The van der Waals surface area contributed by atoms with Gasteiger partial charge in [0.1, 0.15) is 0 Å². The van der Waals surface area contributed by atoms with E-state index in [0.717, 1.165) is 17.5 Å². The van der Waals surface area contributed by atoms with Crippen LogP contribution in [-0.2, 0) is 14.3 Å². The van der Waals surface area contributed by atoms with Gasteiger partial charge in [-0.25, -0.2) is 4.79 Å². The number of nitrogens with one attached hydrogen (secondary N) is 1. The molecule has 0 aromatic heterocycles. The zero-order valence-electron chi connectivity index (χ0n) is 16.0. The van der Waals surface area contributed by atoms with Crippen LogP contribution in [0.2, 0.25) is 5.02 Å². The zero-order chi connectivity index (χ0) is 20.6. The molecule has 0 spiro atoms. The van der Waals surface area contributed by atoms with Gasteiger partial charge in [0.15, 0.2) is 18.1 Å². The fourth-order valence-electron chi connectivity index (χ4n) is 2.75. The lowest BCUT2D eigenvalue weighted by Crippen LogP contribution is -2.30. The second kappa shape index (κ2) is 9.98. The predicted octanol–water partition coefficient (Wildman–Crippen LogP) is 3.94. The van der Waals surface area contributed by atoms with Crippen LogP contribution in [0.3, 0.4) is 0 Å². The first-order valence-corrected chi connectivity index (χ1v) is 9.68. The Hall–Kier alpha value is -2.99. The average Bonchev–Trinajstić information content (AvgIpc) is 2.96. The van der Waals surface area contributed by atoms with Crippen molar-refractivity contribution < 1.29 is 23.8 Å². The molecule has 29 heavy (non-hydrogen) atoms. The maximum Gasteiger partial charge on any atom is 0.331 e. The second-order valence-electron chi connectivity index (χ2n) is 6.54. The van der Waals surface area contributed by atoms with Crippen LogP contribution < -0.4 is 14.8 Å². The molecule has 2 aromatic carbocycles. The van der Waals surface area contributed by atoms with E-state index in [9.17, 15) is 9.59 Å². The van der Waals surface area contributed by atoms with Gasteiger partial charge >= 0.3 is 5.97 Å². The number of fused-ring (bicyclic) bond motifs is 1. The highest BCUT2D eigenvalue weighted by molar-refractivity contribution is 6.30. The molecule has 0 radical (unpaired) electrons. The molecule has 6 nitrogen and oxygen atoms in total. The standard InChI is InChI=1S/C22H22ClNO5/c1-15(17-5-7-18(23)8-6-17)24-21(25)14-29-22(26)10-4-16-3-9-19-20(13-16)28-12-2-11-27-19/h3-10,13,15H,2,11-12,14H2,1H3,(H,24,25)/b10-4+/t15-/m1/s1. The number of hydrogen-bond acceptors (Lipinski definition) is 5. The lowest BCUT2D eigenvalue weighted by molar-refractivity contribution is -0.144. The van der Waals surface area contributed by atoms with Crippen LogP contribution in [0, 0.1) is 0 Å². The summed E-state index contributed by atoms with van der Waals surface area (Å²) >= 11 is 5.86. The van der Waals surface area contributed by atoms with E-state index in [1.807, 2.05) is 25.1 Å². The highest BCUT2D eigenvalue weighted by atomic mass is 35.5. The first kappa shape index (κ1) is 20.7. The summed E-state index contributed by atoms with van der Waals surface area (Å²) in [6.07, 6.45) is 3.70. The summed E-state index contributed by atoms with van der Waals surface area (Å²) in [5.74, 6) is 0.346. The molecule has 0 fully saturated rings. The van der Waals surface area contributed by atoms with E-state index in [2.05, 4.69) is 5.32 Å². The fourth-order valence-corrected chi connectivity index (χ4v) is 2.88. The number of carbonyl (C=O) groups is 2. The lowest BCUT2D eigenvalue weighted by atomic mass is 10.1. The van der Waals surface area contributed by atoms with Gasteiger partial charge in [-0.1, -0.05) is 29.8 Å². The summed E-state index contributed by atoms with van der Waals surface area (Å²) in [7, 11) is 0. The molecule has 1 aliphatic rings. The predicted molar refractivity (Wildman–Crippen MR) is 110 cm³/mol. The monoisotopic (exact) mass is 415 g/mol. The van der Waals surface area contributed by atoms with E-state index in [-0.39, 0.29) is 18.6 Å². The minimum Gasteiger partial charge on any atom is -0.490 e. The summed E-state index contributed by atoms with van der Waals surface area (Å²) in [6, 6.07) is 12.4. The Morgan fingerprint density at radius 2 is 1.86 bits per heavy atom. The molecule has 0 aliphatic carbocycles. The lowest BCUT2D eigenvalue weighted by Gasteiger charge is -2.14. The Kier molecular flexibility index (Phi) is 7.14. The molecular weight excluding hydrogens is 394 g/mol. The van der Waals surface area contributed by atoms with Gasteiger partial charge in [-0.05, 0) is 48.4 Å². The number of hydrogen-bond donors (Lipinski definition) is 1. The van der Waals surface area contributed by atoms with Crippen LogP contribution in [0.15, 0.2) is 48.5 Å². The first-order chi connectivity index (χ1) is 14.0. The molecule has 3 rings (SSSR count). The molecule has 7 heteroatoms. The van der Waals surface area contributed by atoms with Crippen molar-refractivity contribution in [2.75, 3.05) is 19.8 Å². The van der Waals surface area contributed by atoms with Crippen molar-refractivity contribution in [2.24, 2.45) is 0 Å². The van der Waals surface area contributed by atoms with Crippen LogP contribution in [0.1, 0.15) is 30.5 Å². The topological polar surface area (TPSA) is 73.9 Å². The maximum atomic E-state index is 12.0. The SMILES string of the molecule is C[C@@H](NC(=O)COC(=O)/C=C/c1ccc2c(c1)OCCCO2)c1ccc(Cl)cc1. The first-order valence-electron chi connectivity index (χ1n) is 9.30. The van der Waals surface area contributed by atoms with Crippen molar-refractivity contribution in [1.29, 1.82) is 0 Å². The van der Waals surface area contributed by atoms with Crippen LogP contribution in [0.5, 0.6) is 11.5 Å². The third-order valence-electron chi connectivity index (χ3n) is 4.28. The molecule has 152 valence electrons. The van der Waals surface area contributed by atoms with Crippen LogP contribution >= 0.6 is 11.6 Å². The van der Waals surface area contributed by atoms with Gasteiger partial charge in [0.2, 0.25) is 0 Å². The summed E-state index contributed by atoms with van der Waals surface area (Å²) in [4.78, 5) is 23.9. The molecule has 1 amide bonds. The third kappa shape index (κ3) is 6.26. The van der Waals surface area contributed by atoms with Gasteiger partial charge in [-0.3, -0.25) is 4.79 Å². The highest BCUT2D eigenvalue weighted by Gasteiger charge is 2.12. The Balaban J connectivity index is 1.47. The summed E-state index contributed by atoms with van der Waals surface area (Å²) in [6.45, 7) is 2.69. The summed E-state index contributed by atoms with van der Waals surface area (Å²) in [5.41, 5.74) is 1.68. The van der Waals surface area contributed by atoms with Gasteiger partial charge in [0, 0.05) is 17.5 Å². The zero-order valence-corrected chi connectivity index (χ0v) is 16.8.